The molecular weight excluding hydrogens is 232 g/mol. The zero-order valence-electron chi connectivity index (χ0n) is 10.4. The van der Waals surface area contributed by atoms with Crippen LogP contribution in [0.15, 0.2) is 24.3 Å². The van der Waals surface area contributed by atoms with Crippen LogP contribution in [0.5, 0.6) is 0 Å². The molecule has 0 radical (unpaired) electrons. The predicted molar refractivity (Wildman–Crippen MR) is 67.5 cm³/mol. The molecule has 1 aromatic carbocycles. The first-order chi connectivity index (χ1) is 8.54. The van der Waals surface area contributed by atoms with Crippen molar-refractivity contribution in [2.45, 2.75) is 32.6 Å². The van der Waals surface area contributed by atoms with E-state index in [0.717, 1.165) is 24.8 Å². The van der Waals surface area contributed by atoms with E-state index in [1.54, 1.807) is 0 Å². The van der Waals surface area contributed by atoms with Gasteiger partial charge in [-0.15, -0.1) is 0 Å². The first-order valence-corrected chi connectivity index (χ1v) is 6.08. The van der Waals surface area contributed by atoms with Gasteiger partial charge >= 0.3 is 11.9 Å². The Hall–Kier alpha value is -1.84. The molecule has 0 aliphatic heterocycles. The molecule has 98 valence electrons. The van der Waals surface area contributed by atoms with Gasteiger partial charge in [0.15, 0.2) is 5.92 Å². The van der Waals surface area contributed by atoms with E-state index in [4.69, 9.17) is 10.2 Å². The number of carboxylic acids is 2. The van der Waals surface area contributed by atoms with Crippen LogP contribution in [0, 0.1) is 5.92 Å². The Kier molecular flexibility index (Phi) is 5.36. The Bertz CT molecular complexity index is 394. The van der Waals surface area contributed by atoms with Crippen molar-refractivity contribution in [3.63, 3.8) is 0 Å². The van der Waals surface area contributed by atoms with Gasteiger partial charge in [0.1, 0.15) is 0 Å². The topological polar surface area (TPSA) is 74.6 Å². The summed E-state index contributed by atoms with van der Waals surface area (Å²) in [4.78, 5) is 21.5. The van der Waals surface area contributed by atoms with E-state index in [1.807, 2.05) is 24.3 Å². The summed E-state index contributed by atoms with van der Waals surface area (Å²) < 4.78 is 0. The molecule has 0 heterocycles. The van der Waals surface area contributed by atoms with Crippen molar-refractivity contribution in [2.75, 3.05) is 0 Å². The van der Waals surface area contributed by atoms with Crippen molar-refractivity contribution < 1.29 is 19.8 Å². The molecule has 0 saturated carbocycles. The Balaban J connectivity index is 2.67. The van der Waals surface area contributed by atoms with Gasteiger partial charge in [0, 0.05) is 0 Å². The zero-order chi connectivity index (χ0) is 13.5. The van der Waals surface area contributed by atoms with Gasteiger partial charge in [-0.25, -0.2) is 0 Å². The first kappa shape index (κ1) is 14.2. The van der Waals surface area contributed by atoms with Crippen LogP contribution in [0.25, 0.3) is 0 Å². The molecule has 2 N–H and O–H groups in total. The molecule has 4 nitrogen and oxygen atoms in total. The number of aryl methyl sites for hydroxylation is 1. The van der Waals surface area contributed by atoms with E-state index in [0.29, 0.717) is 0 Å². The number of hydrogen-bond acceptors (Lipinski definition) is 2. The highest BCUT2D eigenvalue weighted by atomic mass is 16.4. The van der Waals surface area contributed by atoms with Crippen LogP contribution in [0.4, 0.5) is 0 Å². The molecule has 0 aromatic heterocycles. The minimum absolute atomic E-state index is 0.0265. The Morgan fingerprint density at radius 3 is 2.00 bits per heavy atom. The van der Waals surface area contributed by atoms with E-state index in [9.17, 15) is 9.59 Å². The fourth-order valence-electron chi connectivity index (χ4n) is 1.74. The van der Waals surface area contributed by atoms with Crippen LogP contribution < -0.4 is 0 Å². The van der Waals surface area contributed by atoms with Gasteiger partial charge in [-0.1, -0.05) is 37.6 Å². The van der Waals surface area contributed by atoms with E-state index in [-0.39, 0.29) is 6.42 Å². The maximum atomic E-state index is 10.8. The maximum absolute atomic E-state index is 10.8. The summed E-state index contributed by atoms with van der Waals surface area (Å²) >= 11 is 0. The number of benzene rings is 1. The van der Waals surface area contributed by atoms with Crippen LogP contribution in [0.1, 0.15) is 30.9 Å². The second-order valence-electron chi connectivity index (χ2n) is 4.35. The average molecular weight is 250 g/mol. The van der Waals surface area contributed by atoms with Crippen molar-refractivity contribution in [1.82, 2.24) is 0 Å². The third-order valence-electron chi connectivity index (χ3n) is 2.88. The number of unbranched alkanes of at least 4 members (excludes halogenated alkanes) is 1. The normalized spacial score (nSPS) is 10.6. The minimum atomic E-state index is -1.37. The van der Waals surface area contributed by atoms with Gasteiger partial charge in [-0.2, -0.15) is 0 Å². The molecule has 0 aliphatic carbocycles. The van der Waals surface area contributed by atoms with Crippen LogP contribution in [0.3, 0.4) is 0 Å². The highest BCUT2D eigenvalue weighted by Crippen LogP contribution is 2.13. The molecule has 0 fully saturated rings. The summed E-state index contributed by atoms with van der Waals surface area (Å²) in [6.45, 7) is 2.12. The van der Waals surface area contributed by atoms with Gasteiger partial charge in [-0.05, 0) is 30.4 Å². The number of carbonyl (C=O) groups is 2. The molecule has 4 heteroatoms. The summed E-state index contributed by atoms with van der Waals surface area (Å²) in [5.74, 6) is -3.96. The lowest BCUT2D eigenvalue weighted by Gasteiger charge is -2.08. The average Bonchev–Trinajstić information content (AvgIpc) is 2.34. The molecular formula is C14H18O4. The number of aliphatic carboxylic acids is 2. The van der Waals surface area contributed by atoms with Crippen molar-refractivity contribution in [1.29, 1.82) is 0 Å². The number of carboxylic acid groups (broad SMARTS) is 2. The van der Waals surface area contributed by atoms with Crippen molar-refractivity contribution in [2.24, 2.45) is 5.92 Å². The number of hydrogen-bond donors (Lipinski definition) is 2. The van der Waals surface area contributed by atoms with E-state index in [2.05, 4.69) is 6.92 Å². The lowest BCUT2D eigenvalue weighted by molar-refractivity contribution is -0.154. The molecule has 1 aromatic rings. The second-order valence-corrected chi connectivity index (χ2v) is 4.35. The molecule has 0 bridgehead atoms. The van der Waals surface area contributed by atoms with Gasteiger partial charge in [0.05, 0.1) is 0 Å². The molecule has 0 spiro atoms. The van der Waals surface area contributed by atoms with Gasteiger partial charge in [0.25, 0.3) is 0 Å². The lowest BCUT2D eigenvalue weighted by atomic mass is 9.98. The van der Waals surface area contributed by atoms with Crippen LogP contribution in [0.2, 0.25) is 0 Å². The third-order valence-corrected chi connectivity index (χ3v) is 2.88. The molecule has 18 heavy (non-hydrogen) atoms. The van der Waals surface area contributed by atoms with Crippen molar-refractivity contribution in [3.05, 3.63) is 35.4 Å². The van der Waals surface area contributed by atoms with E-state index < -0.39 is 17.9 Å². The summed E-state index contributed by atoms with van der Waals surface area (Å²) in [6.07, 6.45) is 3.27. The Morgan fingerprint density at radius 1 is 1.06 bits per heavy atom. The summed E-state index contributed by atoms with van der Waals surface area (Å²) in [5, 5.41) is 17.6. The van der Waals surface area contributed by atoms with Gasteiger partial charge in [0.2, 0.25) is 0 Å². The Labute approximate surface area is 106 Å². The molecule has 0 atom stereocenters. The van der Waals surface area contributed by atoms with Gasteiger partial charge < -0.3 is 10.2 Å². The smallest absolute Gasteiger partial charge is 0.318 e. The van der Waals surface area contributed by atoms with E-state index >= 15 is 0 Å². The standard InChI is InChI=1S/C14H18O4/c1-2-3-4-10-5-7-11(8-6-10)9-12(13(15)16)14(17)18/h5-8,12H,2-4,9H2,1H3,(H,15,16)(H,17,18). The van der Waals surface area contributed by atoms with Crippen LogP contribution in [-0.4, -0.2) is 22.2 Å². The highest BCUT2D eigenvalue weighted by Gasteiger charge is 2.25. The maximum Gasteiger partial charge on any atom is 0.318 e. The minimum Gasteiger partial charge on any atom is -0.481 e. The van der Waals surface area contributed by atoms with Crippen molar-refractivity contribution >= 4 is 11.9 Å². The molecule has 0 amide bonds. The monoisotopic (exact) mass is 250 g/mol. The largest absolute Gasteiger partial charge is 0.481 e. The fraction of sp³-hybridized carbons (Fsp3) is 0.429. The zero-order valence-corrected chi connectivity index (χ0v) is 10.4. The summed E-state index contributed by atoms with van der Waals surface area (Å²) in [6, 6.07) is 7.49. The molecule has 0 saturated heterocycles. The van der Waals surface area contributed by atoms with Crippen molar-refractivity contribution in [3.8, 4) is 0 Å². The van der Waals surface area contributed by atoms with Crippen LogP contribution in [-0.2, 0) is 22.4 Å². The number of rotatable bonds is 7. The second kappa shape index (κ2) is 6.79. The SMILES string of the molecule is CCCCc1ccc(CC(C(=O)O)C(=O)O)cc1. The molecule has 0 unspecified atom stereocenters. The molecule has 1 rings (SSSR count). The predicted octanol–water partition coefficient (Wildman–Crippen LogP) is 2.36. The highest BCUT2D eigenvalue weighted by molar-refractivity contribution is 5.93. The lowest BCUT2D eigenvalue weighted by Crippen LogP contribution is -2.25. The fourth-order valence-corrected chi connectivity index (χ4v) is 1.74. The molecule has 0 aliphatic rings. The van der Waals surface area contributed by atoms with Crippen LogP contribution >= 0.6 is 0 Å². The van der Waals surface area contributed by atoms with Gasteiger partial charge in [-0.3, -0.25) is 9.59 Å². The quantitative estimate of drug-likeness (QED) is 0.728. The van der Waals surface area contributed by atoms with E-state index in [1.165, 1.54) is 5.56 Å². The Morgan fingerprint density at radius 2 is 1.56 bits per heavy atom. The first-order valence-electron chi connectivity index (χ1n) is 6.08. The summed E-state index contributed by atoms with van der Waals surface area (Å²) in [7, 11) is 0. The third kappa shape index (κ3) is 4.20. The summed E-state index contributed by atoms with van der Waals surface area (Å²) in [5.41, 5.74) is 1.94.